The van der Waals surface area contributed by atoms with Gasteiger partial charge in [0, 0.05) is 13.7 Å². The molecule has 2 unspecified atom stereocenters. The number of benzene rings is 1. The fourth-order valence-corrected chi connectivity index (χ4v) is 2.51. The first-order chi connectivity index (χ1) is 10.5. The van der Waals surface area contributed by atoms with Gasteiger partial charge in [0.1, 0.15) is 7.85 Å². The topological polar surface area (TPSA) is 68.0 Å². The standard InChI is InChI=1S/C15H24BN3O3/c1-11(12-3-5-13(16)6-4-12)19(17)15(20)18-7-8-22-14(9-18)10-21-2/h3-6,11,14H,7-10,16-17H2,1-2H3. The Hall–Kier alpha value is -1.57. The van der Waals surface area contributed by atoms with E-state index in [0.717, 1.165) is 5.56 Å². The molecule has 0 aliphatic carbocycles. The Morgan fingerprint density at radius 3 is 2.86 bits per heavy atom. The van der Waals surface area contributed by atoms with Gasteiger partial charge in [0.2, 0.25) is 0 Å². The highest BCUT2D eigenvalue weighted by Gasteiger charge is 2.28. The second kappa shape index (κ2) is 7.62. The van der Waals surface area contributed by atoms with Crippen molar-refractivity contribution < 1.29 is 14.3 Å². The highest BCUT2D eigenvalue weighted by atomic mass is 16.5. The number of rotatable bonds is 4. The molecule has 1 heterocycles. The summed E-state index contributed by atoms with van der Waals surface area (Å²) in [7, 11) is 3.66. The zero-order valence-corrected chi connectivity index (χ0v) is 13.5. The van der Waals surface area contributed by atoms with Crippen molar-refractivity contribution in [3.8, 4) is 0 Å². The Morgan fingerprint density at radius 1 is 1.55 bits per heavy atom. The van der Waals surface area contributed by atoms with E-state index < -0.39 is 0 Å². The summed E-state index contributed by atoms with van der Waals surface area (Å²) < 4.78 is 10.6. The number of morpholine rings is 1. The van der Waals surface area contributed by atoms with Gasteiger partial charge >= 0.3 is 6.03 Å². The van der Waals surface area contributed by atoms with Crippen molar-refractivity contribution >= 4 is 19.3 Å². The number of hydrogen-bond donors (Lipinski definition) is 1. The van der Waals surface area contributed by atoms with Crippen LogP contribution in [-0.4, -0.2) is 63.3 Å². The molecule has 0 aromatic heterocycles. The molecule has 6 nitrogen and oxygen atoms in total. The van der Waals surface area contributed by atoms with Gasteiger partial charge in [-0.05, 0) is 12.5 Å². The average Bonchev–Trinajstić information content (AvgIpc) is 2.54. The molecule has 120 valence electrons. The van der Waals surface area contributed by atoms with E-state index in [9.17, 15) is 4.79 Å². The summed E-state index contributed by atoms with van der Waals surface area (Å²) >= 11 is 0. The molecule has 0 radical (unpaired) electrons. The molecule has 0 spiro atoms. The molecule has 2 N–H and O–H groups in total. The Balaban J connectivity index is 2.00. The third-order valence-corrected chi connectivity index (χ3v) is 3.96. The summed E-state index contributed by atoms with van der Waals surface area (Å²) in [6.45, 7) is 3.96. The Labute approximate surface area is 132 Å². The highest BCUT2D eigenvalue weighted by Crippen LogP contribution is 2.18. The van der Waals surface area contributed by atoms with Gasteiger partial charge < -0.3 is 14.4 Å². The minimum atomic E-state index is -0.183. The molecule has 1 aliphatic heterocycles. The lowest BCUT2D eigenvalue weighted by Gasteiger charge is -2.36. The minimum Gasteiger partial charge on any atom is -0.382 e. The molecule has 1 aromatic rings. The van der Waals surface area contributed by atoms with Crippen LogP contribution in [0.3, 0.4) is 0 Å². The molecule has 2 rings (SSSR count). The first-order valence-electron chi connectivity index (χ1n) is 7.53. The highest BCUT2D eigenvalue weighted by molar-refractivity contribution is 6.32. The van der Waals surface area contributed by atoms with E-state index in [1.54, 1.807) is 12.0 Å². The van der Waals surface area contributed by atoms with E-state index in [1.165, 1.54) is 10.5 Å². The second-order valence-corrected chi connectivity index (χ2v) is 5.67. The van der Waals surface area contributed by atoms with E-state index in [1.807, 2.05) is 39.0 Å². The molecular weight excluding hydrogens is 281 g/mol. The smallest absolute Gasteiger partial charge is 0.334 e. The number of hydrazine groups is 1. The van der Waals surface area contributed by atoms with Crippen molar-refractivity contribution in [2.24, 2.45) is 5.84 Å². The third-order valence-electron chi connectivity index (χ3n) is 3.96. The number of hydrogen-bond acceptors (Lipinski definition) is 4. The average molecular weight is 305 g/mol. The molecular formula is C15H24BN3O3. The molecule has 0 saturated carbocycles. The summed E-state index contributed by atoms with van der Waals surface area (Å²) in [6, 6.07) is 7.68. The van der Waals surface area contributed by atoms with Crippen LogP contribution >= 0.6 is 0 Å². The minimum absolute atomic E-state index is 0.0919. The van der Waals surface area contributed by atoms with E-state index in [-0.39, 0.29) is 18.2 Å². The fourth-order valence-electron chi connectivity index (χ4n) is 2.51. The Kier molecular flexibility index (Phi) is 5.82. The number of carbonyl (C=O) groups excluding carboxylic acids is 1. The molecule has 2 amide bonds. The fraction of sp³-hybridized carbons (Fsp3) is 0.533. The quantitative estimate of drug-likeness (QED) is 0.357. The van der Waals surface area contributed by atoms with Crippen LogP contribution in [0.5, 0.6) is 0 Å². The molecule has 7 heteroatoms. The first-order valence-corrected chi connectivity index (χ1v) is 7.53. The van der Waals surface area contributed by atoms with Crippen molar-refractivity contribution in [3.63, 3.8) is 0 Å². The monoisotopic (exact) mass is 305 g/mol. The Bertz CT molecular complexity index is 495. The van der Waals surface area contributed by atoms with Crippen LogP contribution in [0.4, 0.5) is 4.79 Å². The van der Waals surface area contributed by atoms with Gasteiger partial charge in [-0.25, -0.2) is 10.6 Å². The van der Waals surface area contributed by atoms with Gasteiger partial charge in [-0.15, -0.1) is 0 Å². The Morgan fingerprint density at radius 2 is 2.23 bits per heavy atom. The van der Waals surface area contributed by atoms with Gasteiger partial charge in [-0.2, -0.15) is 0 Å². The lowest BCUT2D eigenvalue weighted by atomic mass is 9.94. The number of carbonyl (C=O) groups is 1. The number of amides is 2. The van der Waals surface area contributed by atoms with Gasteiger partial charge in [-0.3, -0.25) is 5.01 Å². The summed E-state index contributed by atoms with van der Waals surface area (Å²) in [4.78, 5) is 14.3. The van der Waals surface area contributed by atoms with Gasteiger partial charge in [0.05, 0.1) is 31.9 Å². The SMILES string of the molecule is Bc1ccc(C(C)N(N)C(=O)N2CCOC(COC)C2)cc1. The third kappa shape index (κ3) is 4.00. The zero-order valence-electron chi connectivity index (χ0n) is 13.5. The zero-order chi connectivity index (χ0) is 16.1. The molecule has 1 fully saturated rings. The molecule has 2 atom stereocenters. The van der Waals surface area contributed by atoms with Gasteiger partial charge in [0.25, 0.3) is 0 Å². The molecule has 1 aromatic carbocycles. The molecule has 0 bridgehead atoms. The van der Waals surface area contributed by atoms with E-state index in [0.29, 0.717) is 26.3 Å². The lowest BCUT2D eigenvalue weighted by Crippen LogP contribution is -2.54. The molecule has 1 aliphatic rings. The van der Waals surface area contributed by atoms with E-state index in [4.69, 9.17) is 15.3 Å². The van der Waals surface area contributed by atoms with Crippen molar-refractivity contribution in [3.05, 3.63) is 29.8 Å². The number of ether oxygens (including phenoxy) is 2. The predicted octanol–water partition coefficient (Wildman–Crippen LogP) is -0.351. The van der Waals surface area contributed by atoms with E-state index >= 15 is 0 Å². The summed E-state index contributed by atoms with van der Waals surface area (Å²) in [5.74, 6) is 6.05. The van der Waals surface area contributed by atoms with Crippen molar-refractivity contribution in [2.45, 2.75) is 19.1 Å². The number of nitrogens with zero attached hydrogens (tertiary/aromatic N) is 2. The summed E-state index contributed by atoms with van der Waals surface area (Å²) in [5.41, 5.74) is 2.20. The first kappa shape index (κ1) is 16.8. The van der Waals surface area contributed by atoms with Crippen LogP contribution < -0.4 is 11.3 Å². The maximum Gasteiger partial charge on any atom is 0.334 e. The number of urea groups is 1. The maximum absolute atomic E-state index is 12.6. The van der Waals surface area contributed by atoms with Crippen molar-refractivity contribution in [1.82, 2.24) is 9.91 Å². The molecule has 1 saturated heterocycles. The van der Waals surface area contributed by atoms with Gasteiger partial charge in [0.15, 0.2) is 0 Å². The van der Waals surface area contributed by atoms with Crippen LogP contribution in [0.25, 0.3) is 0 Å². The van der Waals surface area contributed by atoms with Crippen LogP contribution in [0.1, 0.15) is 18.5 Å². The second-order valence-electron chi connectivity index (χ2n) is 5.67. The van der Waals surface area contributed by atoms with E-state index in [2.05, 4.69) is 0 Å². The van der Waals surface area contributed by atoms with Gasteiger partial charge in [-0.1, -0.05) is 29.7 Å². The largest absolute Gasteiger partial charge is 0.382 e. The van der Waals surface area contributed by atoms with Crippen LogP contribution in [0, 0.1) is 0 Å². The van der Waals surface area contributed by atoms with Crippen LogP contribution in [0.2, 0.25) is 0 Å². The van der Waals surface area contributed by atoms with Crippen LogP contribution in [-0.2, 0) is 9.47 Å². The number of nitrogens with two attached hydrogens (primary N) is 1. The van der Waals surface area contributed by atoms with Crippen molar-refractivity contribution in [2.75, 3.05) is 33.4 Å². The number of methoxy groups -OCH3 is 1. The predicted molar refractivity (Wildman–Crippen MR) is 87.6 cm³/mol. The maximum atomic E-state index is 12.6. The van der Waals surface area contributed by atoms with Crippen molar-refractivity contribution in [1.29, 1.82) is 0 Å². The lowest BCUT2D eigenvalue weighted by molar-refractivity contribution is -0.0536. The molecule has 22 heavy (non-hydrogen) atoms. The normalized spacial score (nSPS) is 19.8. The summed E-state index contributed by atoms with van der Waals surface area (Å²) in [6.07, 6.45) is -0.0919. The summed E-state index contributed by atoms with van der Waals surface area (Å²) in [5, 5.41) is 1.29. The van der Waals surface area contributed by atoms with Crippen LogP contribution in [0.15, 0.2) is 24.3 Å².